The fraction of sp³-hybridized carbons (Fsp3) is 0.600. The van der Waals surface area contributed by atoms with Gasteiger partial charge in [-0.05, 0) is 39.2 Å². The van der Waals surface area contributed by atoms with E-state index < -0.39 is 0 Å². The predicted octanol–water partition coefficient (Wildman–Crippen LogP) is 3.43. The van der Waals surface area contributed by atoms with E-state index in [0.29, 0.717) is 18.7 Å². The van der Waals surface area contributed by atoms with E-state index in [4.69, 9.17) is 10.5 Å². The minimum absolute atomic E-state index is 0.589. The van der Waals surface area contributed by atoms with Crippen LogP contribution in [0.5, 0.6) is 5.75 Å². The molecule has 0 aliphatic carbocycles. The summed E-state index contributed by atoms with van der Waals surface area (Å²) in [6.45, 7) is 7.22. The second-order valence-electron chi connectivity index (χ2n) is 5.09. The van der Waals surface area contributed by atoms with Crippen LogP contribution >= 0.6 is 0 Å². The van der Waals surface area contributed by atoms with Gasteiger partial charge in [-0.1, -0.05) is 6.92 Å². The summed E-state index contributed by atoms with van der Waals surface area (Å²) in [4.78, 5) is 2.50. The first-order chi connectivity index (χ1) is 8.65. The van der Waals surface area contributed by atoms with Crippen LogP contribution in [0.4, 0.5) is 11.4 Å². The molecule has 0 bridgehead atoms. The maximum absolute atomic E-state index is 5.98. The van der Waals surface area contributed by atoms with Crippen molar-refractivity contribution in [1.82, 2.24) is 0 Å². The normalized spacial score (nSPS) is 23.4. The van der Waals surface area contributed by atoms with E-state index in [1.807, 2.05) is 13.0 Å². The van der Waals surface area contributed by atoms with Gasteiger partial charge in [-0.15, -0.1) is 0 Å². The lowest BCUT2D eigenvalue weighted by atomic mass is 10.1. The number of hydrogen-bond acceptors (Lipinski definition) is 3. The molecule has 2 rings (SSSR count). The first-order valence-corrected chi connectivity index (χ1v) is 6.97. The van der Waals surface area contributed by atoms with Gasteiger partial charge in [0.2, 0.25) is 0 Å². The van der Waals surface area contributed by atoms with Crippen LogP contribution in [0.1, 0.15) is 40.0 Å². The highest BCUT2D eigenvalue weighted by Crippen LogP contribution is 2.35. The number of ether oxygens (including phenoxy) is 1. The molecule has 3 heteroatoms. The van der Waals surface area contributed by atoms with E-state index in [0.717, 1.165) is 11.4 Å². The molecule has 1 fully saturated rings. The molecular weight excluding hydrogens is 224 g/mol. The van der Waals surface area contributed by atoms with Gasteiger partial charge in [0.25, 0.3) is 0 Å². The van der Waals surface area contributed by atoms with Crippen molar-refractivity contribution in [3.8, 4) is 5.75 Å². The summed E-state index contributed by atoms with van der Waals surface area (Å²) in [5.74, 6) is 0.876. The van der Waals surface area contributed by atoms with Crippen molar-refractivity contribution in [2.24, 2.45) is 0 Å². The van der Waals surface area contributed by atoms with Gasteiger partial charge in [0.1, 0.15) is 5.75 Å². The van der Waals surface area contributed by atoms with Crippen LogP contribution in [0.25, 0.3) is 0 Å². The highest BCUT2D eigenvalue weighted by molar-refractivity contribution is 5.62. The Morgan fingerprint density at radius 2 is 2.06 bits per heavy atom. The van der Waals surface area contributed by atoms with Gasteiger partial charge in [-0.25, -0.2) is 0 Å². The van der Waals surface area contributed by atoms with Crippen molar-refractivity contribution in [2.75, 3.05) is 17.2 Å². The zero-order valence-electron chi connectivity index (χ0n) is 11.6. The molecule has 0 amide bonds. The van der Waals surface area contributed by atoms with Crippen molar-refractivity contribution < 1.29 is 4.74 Å². The Bertz CT molecular complexity index is 405. The smallest absolute Gasteiger partial charge is 0.123 e. The maximum atomic E-state index is 5.98. The predicted molar refractivity (Wildman–Crippen MR) is 77.3 cm³/mol. The van der Waals surface area contributed by atoms with Gasteiger partial charge >= 0.3 is 0 Å². The number of rotatable bonds is 4. The van der Waals surface area contributed by atoms with E-state index in [-0.39, 0.29) is 0 Å². The van der Waals surface area contributed by atoms with Crippen LogP contribution in [0.3, 0.4) is 0 Å². The molecule has 100 valence electrons. The maximum Gasteiger partial charge on any atom is 0.123 e. The molecule has 1 aliphatic rings. The van der Waals surface area contributed by atoms with Gasteiger partial charge in [-0.3, -0.25) is 0 Å². The van der Waals surface area contributed by atoms with Crippen molar-refractivity contribution in [2.45, 2.75) is 52.1 Å². The lowest BCUT2D eigenvalue weighted by Gasteiger charge is -2.30. The summed E-state index contributed by atoms with van der Waals surface area (Å²) in [5, 5.41) is 0. The van der Waals surface area contributed by atoms with Crippen molar-refractivity contribution in [1.29, 1.82) is 0 Å². The number of nitrogen functional groups attached to an aromatic ring is 1. The van der Waals surface area contributed by atoms with Crippen LogP contribution in [-0.4, -0.2) is 18.7 Å². The van der Waals surface area contributed by atoms with Gasteiger partial charge < -0.3 is 15.4 Å². The highest BCUT2D eigenvalue weighted by atomic mass is 16.5. The van der Waals surface area contributed by atoms with Crippen LogP contribution in [0.2, 0.25) is 0 Å². The quantitative estimate of drug-likeness (QED) is 0.830. The Morgan fingerprint density at radius 1 is 1.28 bits per heavy atom. The lowest BCUT2D eigenvalue weighted by molar-refractivity contribution is 0.340. The average molecular weight is 248 g/mol. The zero-order valence-corrected chi connectivity index (χ0v) is 11.6. The average Bonchev–Trinajstić information content (AvgIpc) is 2.70. The molecule has 0 saturated carbocycles. The van der Waals surface area contributed by atoms with Crippen LogP contribution in [-0.2, 0) is 0 Å². The molecular formula is C15H24N2O. The summed E-state index contributed by atoms with van der Waals surface area (Å²) in [7, 11) is 0. The van der Waals surface area contributed by atoms with E-state index >= 15 is 0 Å². The number of nitrogens with zero attached hydrogens (tertiary/aromatic N) is 1. The number of anilines is 2. The third kappa shape index (κ3) is 2.55. The summed E-state index contributed by atoms with van der Waals surface area (Å²) in [6, 6.07) is 7.30. The van der Waals surface area contributed by atoms with Crippen LogP contribution < -0.4 is 15.4 Å². The molecule has 1 aliphatic heterocycles. The second kappa shape index (κ2) is 5.51. The largest absolute Gasteiger partial charge is 0.494 e. The summed E-state index contributed by atoms with van der Waals surface area (Å²) in [6.07, 6.45) is 3.72. The van der Waals surface area contributed by atoms with E-state index in [9.17, 15) is 0 Å². The molecule has 3 nitrogen and oxygen atoms in total. The van der Waals surface area contributed by atoms with Crippen LogP contribution in [0.15, 0.2) is 18.2 Å². The van der Waals surface area contributed by atoms with Gasteiger partial charge in [0, 0.05) is 35.6 Å². The Labute approximate surface area is 110 Å². The molecule has 18 heavy (non-hydrogen) atoms. The molecule has 0 radical (unpaired) electrons. The molecule has 2 atom stereocenters. The monoisotopic (exact) mass is 248 g/mol. The Kier molecular flexibility index (Phi) is 4.00. The molecule has 1 saturated heterocycles. The number of benzene rings is 1. The Hall–Kier alpha value is -1.38. The van der Waals surface area contributed by atoms with Gasteiger partial charge in [0.05, 0.1) is 6.61 Å². The SMILES string of the molecule is CCOc1cc(N)cc(N2C(C)CCC2CC)c1. The highest BCUT2D eigenvalue weighted by Gasteiger charge is 2.29. The third-order valence-electron chi connectivity index (χ3n) is 3.78. The number of nitrogens with two attached hydrogens (primary N) is 1. The first-order valence-electron chi connectivity index (χ1n) is 6.97. The molecule has 1 aromatic carbocycles. The summed E-state index contributed by atoms with van der Waals surface area (Å²) >= 11 is 0. The van der Waals surface area contributed by atoms with E-state index in [1.165, 1.54) is 24.9 Å². The van der Waals surface area contributed by atoms with Gasteiger partial charge in [0.15, 0.2) is 0 Å². The van der Waals surface area contributed by atoms with Gasteiger partial charge in [-0.2, -0.15) is 0 Å². The molecule has 2 unspecified atom stereocenters. The lowest BCUT2D eigenvalue weighted by Crippen LogP contribution is -2.34. The fourth-order valence-corrected chi connectivity index (χ4v) is 2.94. The minimum atomic E-state index is 0.589. The molecule has 1 aromatic rings. The van der Waals surface area contributed by atoms with Crippen LogP contribution in [0, 0.1) is 0 Å². The standard InChI is InChI=1S/C15H24N2O/c1-4-13-7-6-11(3)17(13)14-8-12(16)9-15(10-14)18-5-2/h8-11,13H,4-7,16H2,1-3H3. The first kappa shape index (κ1) is 13.1. The Morgan fingerprint density at radius 3 is 2.72 bits per heavy atom. The van der Waals surface area contributed by atoms with Crippen molar-refractivity contribution >= 4 is 11.4 Å². The Balaban J connectivity index is 2.31. The topological polar surface area (TPSA) is 38.5 Å². The molecule has 0 spiro atoms. The minimum Gasteiger partial charge on any atom is -0.494 e. The second-order valence-corrected chi connectivity index (χ2v) is 5.09. The van der Waals surface area contributed by atoms with E-state index in [1.54, 1.807) is 0 Å². The third-order valence-corrected chi connectivity index (χ3v) is 3.78. The molecule has 0 aromatic heterocycles. The molecule has 1 heterocycles. The zero-order chi connectivity index (χ0) is 13.1. The van der Waals surface area contributed by atoms with E-state index in [2.05, 4.69) is 30.9 Å². The summed E-state index contributed by atoms with van der Waals surface area (Å²) in [5.41, 5.74) is 7.97. The van der Waals surface area contributed by atoms with Crippen molar-refractivity contribution in [3.63, 3.8) is 0 Å². The van der Waals surface area contributed by atoms with Crippen molar-refractivity contribution in [3.05, 3.63) is 18.2 Å². The summed E-state index contributed by atoms with van der Waals surface area (Å²) < 4.78 is 5.58. The fourth-order valence-electron chi connectivity index (χ4n) is 2.94. The molecule has 2 N–H and O–H groups in total. The number of hydrogen-bond donors (Lipinski definition) is 1.